The van der Waals surface area contributed by atoms with Crippen LogP contribution in [0.15, 0.2) is 36.4 Å². The molecule has 2 aromatic carbocycles. The van der Waals surface area contributed by atoms with Crippen molar-refractivity contribution in [2.24, 2.45) is 0 Å². The average Bonchev–Trinajstić information content (AvgIpc) is 2.36. The topological polar surface area (TPSA) is 29.5 Å². The van der Waals surface area contributed by atoms with E-state index in [0.717, 1.165) is 6.07 Å². The van der Waals surface area contributed by atoms with Crippen molar-refractivity contribution in [3.05, 3.63) is 58.6 Å². The van der Waals surface area contributed by atoms with Gasteiger partial charge in [0.25, 0.3) is 0 Å². The third-order valence-electron chi connectivity index (χ3n) is 2.56. The zero-order valence-electron chi connectivity index (χ0n) is 10.0. The maximum atomic E-state index is 13.7. The summed E-state index contributed by atoms with van der Waals surface area (Å²) in [7, 11) is 0. The summed E-state index contributed by atoms with van der Waals surface area (Å²) in [4.78, 5) is 0. The zero-order valence-corrected chi connectivity index (χ0v) is 10.8. The van der Waals surface area contributed by atoms with E-state index in [1.54, 1.807) is 6.07 Å². The number of ether oxygens (including phenoxy) is 1. The quantitative estimate of drug-likeness (QED) is 0.901. The number of hydrogen-bond donors (Lipinski definition) is 1. The zero-order chi connectivity index (χ0) is 14.0. The molecule has 1 unspecified atom stereocenters. The van der Waals surface area contributed by atoms with Crippen molar-refractivity contribution < 1.29 is 18.6 Å². The van der Waals surface area contributed by atoms with Crippen LogP contribution in [0.3, 0.4) is 0 Å². The van der Waals surface area contributed by atoms with Gasteiger partial charge >= 0.3 is 0 Å². The van der Waals surface area contributed by atoms with E-state index in [2.05, 4.69) is 0 Å². The number of rotatable bonds is 3. The molecule has 0 aromatic heterocycles. The lowest BCUT2D eigenvalue weighted by molar-refractivity contribution is 0.198. The SMILES string of the molecule is CC(O)c1ccc(Oc2ccc(F)c(Cl)c2)c(F)c1. The smallest absolute Gasteiger partial charge is 0.166 e. The summed E-state index contributed by atoms with van der Waals surface area (Å²) in [5.41, 5.74) is 0.446. The van der Waals surface area contributed by atoms with Crippen LogP contribution in [0, 0.1) is 11.6 Å². The van der Waals surface area contributed by atoms with Gasteiger partial charge in [0.1, 0.15) is 11.6 Å². The summed E-state index contributed by atoms with van der Waals surface area (Å²) in [6, 6.07) is 7.88. The van der Waals surface area contributed by atoms with E-state index >= 15 is 0 Å². The van der Waals surface area contributed by atoms with Gasteiger partial charge in [-0.15, -0.1) is 0 Å². The molecule has 0 aliphatic heterocycles. The molecular formula is C14H11ClF2O2. The molecule has 0 aliphatic rings. The van der Waals surface area contributed by atoms with Crippen molar-refractivity contribution in [3.63, 3.8) is 0 Å². The van der Waals surface area contributed by atoms with E-state index in [1.165, 1.54) is 31.2 Å². The van der Waals surface area contributed by atoms with Crippen molar-refractivity contribution in [3.8, 4) is 11.5 Å². The van der Waals surface area contributed by atoms with E-state index < -0.39 is 17.7 Å². The lowest BCUT2D eigenvalue weighted by atomic mass is 10.1. The van der Waals surface area contributed by atoms with E-state index in [9.17, 15) is 13.9 Å². The first-order valence-corrected chi connectivity index (χ1v) is 5.95. The largest absolute Gasteiger partial charge is 0.454 e. The van der Waals surface area contributed by atoms with Crippen molar-refractivity contribution in [2.75, 3.05) is 0 Å². The minimum absolute atomic E-state index is 0.0212. The standard InChI is InChI=1S/C14H11ClF2O2/c1-8(18)9-2-5-14(13(17)6-9)19-10-3-4-12(16)11(15)7-10/h2-8,18H,1H3. The molecule has 0 saturated carbocycles. The van der Waals surface area contributed by atoms with E-state index in [4.69, 9.17) is 16.3 Å². The highest BCUT2D eigenvalue weighted by Gasteiger charge is 2.10. The Bertz CT molecular complexity index is 600. The van der Waals surface area contributed by atoms with E-state index in [1.807, 2.05) is 0 Å². The van der Waals surface area contributed by atoms with Gasteiger partial charge in [0.15, 0.2) is 11.6 Å². The molecule has 0 fully saturated rings. The van der Waals surface area contributed by atoms with Crippen molar-refractivity contribution in [2.45, 2.75) is 13.0 Å². The van der Waals surface area contributed by atoms with Crippen LogP contribution in [-0.2, 0) is 0 Å². The van der Waals surface area contributed by atoms with Crippen LogP contribution < -0.4 is 4.74 Å². The molecule has 0 radical (unpaired) electrons. The lowest BCUT2D eigenvalue weighted by Crippen LogP contribution is -1.94. The van der Waals surface area contributed by atoms with Crippen molar-refractivity contribution in [1.29, 1.82) is 0 Å². The Kier molecular flexibility index (Phi) is 4.02. The Morgan fingerprint density at radius 1 is 1.11 bits per heavy atom. The molecule has 2 nitrogen and oxygen atoms in total. The first-order valence-electron chi connectivity index (χ1n) is 5.58. The fourth-order valence-electron chi connectivity index (χ4n) is 1.53. The van der Waals surface area contributed by atoms with Crippen LogP contribution >= 0.6 is 11.6 Å². The number of aliphatic hydroxyl groups excluding tert-OH is 1. The van der Waals surface area contributed by atoms with Gasteiger partial charge < -0.3 is 9.84 Å². The maximum Gasteiger partial charge on any atom is 0.166 e. The minimum atomic E-state index is -0.760. The molecule has 0 aliphatic carbocycles. The van der Waals surface area contributed by atoms with Gasteiger partial charge in [-0.05, 0) is 36.8 Å². The molecule has 0 amide bonds. The third kappa shape index (κ3) is 3.22. The normalized spacial score (nSPS) is 12.3. The van der Waals surface area contributed by atoms with Gasteiger partial charge in [0.2, 0.25) is 0 Å². The molecular weight excluding hydrogens is 274 g/mol. The van der Waals surface area contributed by atoms with Gasteiger partial charge in [0.05, 0.1) is 11.1 Å². The Hall–Kier alpha value is -1.65. The molecule has 0 bridgehead atoms. The van der Waals surface area contributed by atoms with Crippen LogP contribution in [0.5, 0.6) is 11.5 Å². The summed E-state index contributed by atoms with van der Waals surface area (Å²) < 4.78 is 32.0. The number of hydrogen-bond acceptors (Lipinski definition) is 2. The van der Waals surface area contributed by atoms with Crippen LogP contribution in [0.1, 0.15) is 18.6 Å². The van der Waals surface area contributed by atoms with Crippen molar-refractivity contribution in [1.82, 2.24) is 0 Å². The first kappa shape index (κ1) is 13.8. The summed E-state index contributed by atoms with van der Waals surface area (Å²) in [6.07, 6.45) is -0.760. The molecule has 5 heteroatoms. The second-order valence-corrected chi connectivity index (χ2v) is 4.45. The van der Waals surface area contributed by atoms with E-state index in [0.29, 0.717) is 5.56 Å². The van der Waals surface area contributed by atoms with Gasteiger partial charge in [-0.2, -0.15) is 0 Å². The Labute approximate surface area is 114 Å². The molecule has 0 spiro atoms. The predicted octanol–water partition coefficient (Wildman–Crippen LogP) is 4.46. The average molecular weight is 285 g/mol. The Balaban J connectivity index is 2.25. The molecule has 1 N–H and O–H groups in total. The molecule has 100 valence electrons. The molecule has 0 saturated heterocycles. The number of halogens is 3. The Morgan fingerprint density at radius 3 is 2.42 bits per heavy atom. The highest BCUT2D eigenvalue weighted by molar-refractivity contribution is 6.30. The number of aliphatic hydroxyl groups is 1. The summed E-state index contributed by atoms with van der Waals surface area (Å²) in [5.74, 6) is -0.972. The van der Waals surface area contributed by atoms with Gasteiger partial charge in [-0.1, -0.05) is 17.7 Å². The predicted molar refractivity (Wildman–Crippen MR) is 68.5 cm³/mol. The lowest BCUT2D eigenvalue weighted by Gasteiger charge is -2.10. The van der Waals surface area contributed by atoms with E-state index in [-0.39, 0.29) is 16.5 Å². The molecule has 19 heavy (non-hydrogen) atoms. The number of benzene rings is 2. The second kappa shape index (κ2) is 5.55. The highest BCUT2D eigenvalue weighted by atomic mass is 35.5. The van der Waals surface area contributed by atoms with Gasteiger partial charge in [-0.25, -0.2) is 8.78 Å². The Morgan fingerprint density at radius 2 is 1.84 bits per heavy atom. The van der Waals surface area contributed by atoms with Crippen LogP contribution in [0.2, 0.25) is 5.02 Å². The second-order valence-electron chi connectivity index (χ2n) is 4.04. The van der Waals surface area contributed by atoms with Crippen LogP contribution in [-0.4, -0.2) is 5.11 Å². The molecule has 2 aromatic rings. The molecule has 2 rings (SSSR count). The monoisotopic (exact) mass is 284 g/mol. The third-order valence-corrected chi connectivity index (χ3v) is 2.85. The summed E-state index contributed by atoms with van der Waals surface area (Å²) in [6.45, 7) is 1.54. The first-order chi connectivity index (χ1) is 8.97. The fraction of sp³-hybridized carbons (Fsp3) is 0.143. The van der Waals surface area contributed by atoms with Crippen LogP contribution in [0.4, 0.5) is 8.78 Å². The van der Waals surface area contributed by atoms with Gasteiger partial charge in [0, 0.05) is 6.07 Å². The maximum absolute atomic E-state index is 13.7. The highest BCUT2D eigenvalue weighted by Crippen LogP contribution is 2.29. The molecule has 0 heterocycles. The van der Waals surface area contributed by atoms with Gasteiger partial charge in [-0.3, -0.25) is 0 Å². The molecule has 1 atom stereocenters. The van der Waals surface area contributed by atoms with Crippen LogP contribution in [0.25, 0.3) is 0 Å². The fourth-order valence-corrected chi connectivity index (χ4v) is 1.70. The summed E-state index contributed by atoms with van der Waals surface area (Å²) in [5, 5.41) is 9.23. The minimum Gasteiger partial charge on any atom is -0.454 e. The summed E-state index contributed by atoms with van der Waals surface area (Å²) >= 11 is 5.60. The van der Waals surface area contributed by atoms with Crippen molar-refractivity contribution >= 4 is 11.6 Å².